The van der Waals surface area contributed by atoms with Crippen molar-refractivity contribution in [1.29, 1.82) is 0 Å². The summed E-state index contributed by atoms with van der Waals surface area (Å²) in [5.41, 5.74) is 0.399. The van der Waals surface area contributed by atoms with Gasteiger partial charge in [-0.05, 0) is 26.7 Å². The predicted molar refractivity (Wildman–Crippen MR) is 76.5 cm³/mol. The fourth-order valence-corrected chi connectivity index (χ4v) is 4.17. The van der Waals surface area contributed by atoms with Crippen LogP contribution in [0, 0.1) is 5.41 Å². The summed E-state index contributed by atoms with van der Waals surface area (Å²) in [6, 6.07) is 2.17. The Bertz CT molecular complexity index is 534. The van der Waals surface area contributed by atoms with Crippen LogP contribution in [-0.2, 0) is 0 Å². The third-order valence-electron chi connectivity index (χ3n) is 4.28. The molecule has 1 aromatic rings. The van der Waals surface area contributed by atoms with Crippen LogP contribution in [-0.4, -0.2) is 36.1 Å². The number of likely N-dealkylation sites (tertiary alicyclic amines) is 1. The Labute approximate surface area is 145 Å². The summed E-state index contributed by atoms with van der Waals surface area (Å²) >= 11 is 6.84. The van der Waals surface area contributed by atoms with Crippen LogP contribution >= 0.6 is 22.9 Å². The van der Waals surface area contributed by atoms with Crippen LogP contribution in [0.3, 0.4) is 0 Å². The van der Waals surface area contributed by atoms with Crippen LogP contribution in [0.5, 0.6) is 5.75 Å². The second-order valence-electron chi connectivity index (χ2n) is 6.18. The molecule has 7 heteroatoms. The topological polar surface area (TPSA) is 52.6 Å². The number of hydrogen-bond donors (Lipinski definition) is 0. The van der Waals surface area contributed by atoms with Crippen molar-refractivity contribution in [1.82, 2.24) is 4.90 Å². The summed E-state index contributed by atoms with van der Waals surface area (Å²) < 4.78 is 6.20. The monoisotopic (exact) mass is 321 g/mol. The smallest absolute Gasteiger partial charge is 0.544 e. The Kier molecular flexibility index (Phi) is 5.02. The molecule has 1 spiro atoms. The van der Waals surface area contributed by atoms with E-state index in [4.69, 9.17) is 16.3 Å². The zero-order valence-electron chi connectivity index (χ0n) is 12.5. The minimum absolute atomic E-state index is 0. The summed E-state index contributed by atoms with van der Waals surface area (Å²) in [4.78, 5) is 13.5. The molecule has 0 amide bonds. The summed E-state index contributed by atoms with van der Waals surface area (Å²) in [7, 11) is 0. The number of rotatable bonds is 4. The van der Waals surface area contributed by atoms with Crippen LogP contribution in [0.15, 0.2) is 6.07 Å². The maximum Gasteiger partial charge on any atom is 1.00 e. The SMILES string of the molecule is CC(C)N1CC2(CC(Oc3cc(Cl)sc3C(=O)[O-])C2)C1.[Li+]. The molecule has 1 aliphatic heterocycles. The molecule has 0 N–H and O–H groups in total. The Balaban J connectivity index is 0.00000161. The quantitative estimate of drug-likeness (QED) is 0.669. The van der Waals surface area contributed by atoms with Crippen LogP contribution in [0.2, 0.25) is 4.34 Å². The van der Waals surface area contributed by atoms with E-state index in [-0.39, 0.29) is 29.8 Å². The number of carboxylic acids is 1. The molecule has 1 aliphatic carbocycles. The van der Waals surface area contributed by atoms with Crippen molar-refractivity contribution in [3.8, 4) is 5.75 Å². The van der Waals surface area contributed by atoms with E-state index in [0.717, 1.165) is 37.3 Å². The Morgan fingerprint density at radius 2 is 2.14 bits per heavy atom. The number of nitrogens with zero attached hydrogens (tertiary/aromatic N) is 1. The number of hydrogen-bond acceptors (Lipinski definition) is 5. The fourth-order valence-electron chi connectivity index (χ4n) is 3.18. The number of ether oxygens (including phenoxy) is 1. The average molecular weight is 322 g/mol. The number of halogens is 1. The molecule has 0 radical (unpaired) electrons. The third-order valence-corrected chi connectivity index (χ3v) is 5.50. The van der Waals surface area contributed by atoms with E-state index < -0.39 is 5.97 Å². The van der Waals surface area contributed by atoms with Gasteiger partial charge in [0, 0.05) is 30.6 Å². The molecule has 2 fully saturated rings. The fraction of sp³-hybridized carbons (Fsp3) is 0.643. The summed E-state index contributed by atoms with van der Waals surface area (Å²) in [5.74, 6) is -0.861. The Morgan fingerprint density at radius 3 is 2.67 bits per heavy atom. The first-order chi connectivity index (χ1) is 9.38. The van der Waals surface area contributed by atoms with Gasteiger partial charge in [-0.2, -0.15) is 0 Å². The molecular formula is C14H17ClLiNO3S. The number of carbonyl (C=O) groups excluding carboxylic acids is 1. The van der Waals surface area contributed by atoms with E-state index in [1.165, 1.54) is 0 Å². The van der Waals surface area contributed by atoms with Gasteiger partial charge in [0.1, 0.15) is 11.9 Å². The summed E-state index contributed by atoms with van der Waals surface area (Å²) in [6.45, 7) is 6.67. The minimum Gasteiger partial charge on any atom is -0.544 e. The zero-order chi connectivity index (χ0) is 14.5. The van der Waals surface area contributed by atoms with Crippen LogP contribution in [0.1, 0.15) is 36.4 Å². The van der Waals surface area contributed by atoms with E-state index in [1.807, 2.05) is 0 Å². The minimum atomic E-state index is -1.22. The largest absolute Gasteiger partial charge is 1.00 e. The maximum atomic E-state index is 11.0. The normalized spacial score (nSPS) is 20.8. The molecule has 2 aliphatic rings. The van der Waals surface area contributed by atoms with Crippen molar-refractivity contribution in [3.05, 3.63) is 15.3 Å². The van der Waals surface area contributed by atoms with Gasteiger partial charge < -0.3 is 14.6 Å². The van der Waals surface area contributed by atoms with Gasteiger partial charge in [0.15, 0.2) is 0 Å². The van der Waals surface area contributed by atoms with E-state index in [2.05, 4.69) is 18.7 Å². The van der Waals surface area contributed by atoms with E-state index in [0.29, 0.717) is 21.5 Å². The van der Waals surface area contributed by atoms with Gasteiger partial charge in [-0.1, -0.05) is 11.6 Å². The molecule has 0 aromatic carbocycles. The second-order valence-corrected chi connectivity index (χ2v) is 7.86. The van der Waals surface area contributed by atoms with E-state index >= 15 is 0 Å². The first-order valence-corrected chi connectivity index (χ1v) is 7.99. The summed E-state index contributed by atoms with van der Waals surface area (Å²) in [6.07, 6.45) is 2.10. The average Bonchev–Trinajstić information content (AvgIpc) is 2.60. The number of carboxylic acid groups (broad SMARTS) is 1. The van der Waals surface area contributed by atoms with Gasteiger partial charge in [0.2, 0.25) is 0 Å². The maximum absolute atomic E-state index is 11.0. The second kappa shape index (κ2) is 6.14. The van der Waals surface area contributed by atoms with Crippen molar-refractivity contribution in [2.75, 3.05) is 13.1 Å². The number of aromatic carboxylic acids is 1. The van der Waals surface area contributed by atoms with Crippen molar-refractivity contribution in [2.24, 2.45) is 5.41 Å². The first kappa shape index (κ1) is 17.2. The van der Waals surface area contributed by atoms with Crippen molar-refractivity contribution >= 4 is 28.9 Å². The number of thiophene rings is 1. The molecule has 4 nitrogen and oxygen atoms in total. The van der Waals surface area contributed by atoms with Crippen molar-refractivity contribution in [2.45, 2.75) is 38.8 Å². The van der Waals surface area contributed by atoms with E-state index in [1.54, 1.807) is 6.07 Å². The molecule has 1 saturated heterocycles. The molecule has 21 heavy (non-hydrogen) atoms. The third kappa shape index (κ3) is 3.28. The predicted octanol–water partition coefficient (Wildman–Crippen LogP) is -0.979. The molecule has 0 bridgehead atoms. The van der Waals surface area contributed by atoms with Crippen LogP contribution < -0.4 is 28.7 Å². The summed E-state index contributed by atoms with van der Waals surface area (Å²) in [5, 5.41) is 11.0. The van der Waals surface area contributed by atoms with Crippen molar-refractivity contribution in [3.63, 3.8) is 0 Å². The van der Waals surface area contributed by atoms with Gasteiger partial charge in [0.25, 0.3) is 0 Å². The van der Waals surface area contributed by atoms with Gasteiger partial charge in [-0.3, -0.25) is 4.90 Å². The molecule has 2 heterocycles. The van der Waals surface area contributed by atoms with Crippen molar-refractivity contribution < 1.29 is 33.5 Å². The van der Waals surface area contributed by atoms with E-state index in [9.17, 15) is 9.90 Å². The van der Waals surface area contributed by atoms with Crippen LogP contribution in [0.4, 0.5) is 0 Å². The van der Waals surface area contributed by atoms with Gasteiger partial charge >= 0.3 is 18.9 Å². The van der Waals surface area contributed by atoms with Gasteiger partial charge in [-0.25, -0.2) is 0 Å². The molecule has 110 valence electrons. The zero-order valence-corrected chi connectivity index (χ0v) is 14.1. The molecule has 1 aromatic heterocycles. The molecule has 0 atom stereocenters. The Hall–Kier alpha value is -0.183. The van der Waals surface area contributed by atoms with Crippen LogP contribution in [0.25, 0.3) is 0 Å². The first-order valence-electron chi connectivity index (χ1n) is 6.80. The van der Waals surface area contributed by atoms with Gasteiger partial charge in [0.05, 0.1) is 15.2 Å². The molecule has 1 saturated carbocycles. The molecular weight excluding hydrogens is 305 g/mol. The standard InChI is InChI=1S/C14H18ClNO3S.Li/c1-8(2)16-6-14(7-16)4-9(5-14)19-10-3-11(15)20-12(10)13(17)18;/h3,8-9H,4-7H2,1-2H3,(H,17,18);/q;+1/p-1. The molecule has 0 unspecified atom stereocenters. The molecule has 3 rings (SSSR count). The number of carbonyl (C=O) groups is 1. The van der Waals surface area contributed by atoms with Gasteiger partial charge in [-0.15, -0.1) is 11.3 Å². The Morgan fingerprint density at radius 1 is 1.52 bits per heavy atom.